The van der Waals surface area contributed by atoms with Crippen LogP contribution in [0.2, 0.25) is 0 Å². The highest BCUT2D eigenvalue weighted by Crippen LogP contribution is 2.17. The number of nitrogens with two attached hydrogens (primary N) is 1. The van der Waals surface area contributed by atoms with Crippen LogP contribution in [0.4, 0.5) is 0 Å². The van der Waals surface area contributed by atoms with Crippen molar-refractivity contribution in [3.63, 3.8) is 0 Å². The minimum Gasteiger partial charge on any atom is -0.409 e. The van der Waals surface area contributed by atoms with Gasteiger partial charge >= 0.3 is 0 Å². The Hall–Kier alpha value is -0.770. The van der Waals surface area contributed by atoms with E-state index in [0.29, 0.717) is 5.84 Å². The average molecular weight is 241 g/mol. The van der Waals surface area contributed by atoms with E-state index in [1.54, 1.807) is 0 Å². The molecule has 3 N–H and O–H groups in total. The summed E-state index contributed by atoms with van der Waals surface area (Å²) in [6, 6.07) is 0. The van der Waals surface area contributed by atoms with Gasteiger partial charge in [-0.05, 0) is 38.9 Å². The second-order valence-electron chi connectivity index (χ2n) is 5.05. The van der Waals surface area contributed by atoms with Gasteiger partial charge in [-0.3, -0.25) is 0 Å². The highest BCUT2D eigenvalue weighted by Gasteiger charge is 2.21. The van der Waals surface area contributed by atoms with Gasteiger partial charge in [-0.1, -0.05) is 37.8 Å². The molecule has 0 amide bonds. The molecule has 0 aliphatic carbocycles. The van der Waals surface area contributed by atoms with Gasteiger partial charge in [0.1, 0.15) is 5.84 Å². The standard InChI is InChI=1S/C13H27N3O/c1-2-3-4-5-6-9-16-10-7-12(8-11-16)13(14)15-17/h12,17H,2-11H2,1H3,(H2,14,15). The fourth-order valence-electron chi connectivity index (χ4n) is 2.47. The predicted octanol–water partition coefficient (Wildman–Crippen LogP) is 2.42. The van der Waals surface area contributed by atoms with Crippen molar-refractivity contribution in [1.82, 2.24) is 4.90 Å². The van der Waals surface area contributed by atoms with Crippen LogP contribution in [0.1, 0.15) is 51.9 Å². The van der Waals surface area contributed by atoms with Crippen LogP contribution in [-0.2, 0) is 0 Å². The molecule has 0 bridgehead atoms. The van der Waals surface area contributed by atoms with E-state index in [9.17, 15) is 0 Å². The number of hydrogen-bond donors (Lipinski definition) is 2. The zero-order chi connectivity index (χ0) is 12.5. The number of likely N-dealkylation sites (tertiary alicyclic amines) is 1. The molecule has 17 heavy (non-hydrogen) atoms. The Morgan fingerprint density at radius 3 is 2.47 bits per heavy atom. The molecular formula is C13H27N3O. The molecule has 0 aromatic rings. The van der Waals surface area contributed by atoms with Gasteiger partial charge in [0.25, 0.3) is 0 Å². The predicted molar refractivity (Wildman–Crippen MR) is 71.3 cm³/mol. The smallest absolute Gasteiger partial charge is 0.142 e. The fraction of sp³-hybridized carbons (Fsp3) is 0.923. The highest BCUT2D eigenvalue weighted by molar-refractivity contribution is 5.82. The van der Waals surface area contributed by atoms with E-state index in [1.165, 1.54) is 38.6 Å². The Balaban J connectivity index is 2.07. The minimum atomic E-state index is 0.288. The largest absolute Gasteiger partial charge is 0.409 e. The Kier molecular flexibility index (Phi) is 7.01. The number of nitrogens with zero attached hydrogens (tertiary/aromatic N) is 2. The molecule has 0 saturated carbocycles. The molecule has 0 unspecified atom stereocenters. The van der Waals surface area contributed by atoms with E-state index >= 15 is 0 Å². The normalized spacial score (nSPS) is 19.7. The van der Waals surface area contributed by atoms with Crippen LogP contribution < -0.4 is 5.73 Å². The molecule has 1 aliphatic heterocycles. The minimum absolute atomic E-state index is 0.288. The first-order valence-corrected chi connectivity index (χ1v) is 6.97. The van der Waals surface area contributed by atoms with Crippen LogP contribution in [0.5, 0.6) is 0 Å². The first-order chi connectivity index (χ1) is 8.27. The van der Waals surface area contributed by atoms with Crippen molar-refractivity contribution in [1.29, 1.82) is 0 Å². The summed E-state index contributed by atoms with van der Waals surface area (Å²) >= 11 is 0. The summed E-state index contributed by atoms with van der Waals surface area (Å²) in [6.45, 7) is 5.65. The van der Waals surface area contributed by atoms with Crippen molar-refractivity contribution in [2.24, 2.45) is 16.8 Å². The molecule has 4 heteroatoms. The lowest BCUT2D eigenvalue weighted by Crippen LogP contribution is -2.39. The number of oxime groups is 1. The van der Waals surface area contributed by atoms with E-state index in [1.807, 2.05) is 0 Å². The van der Waals surface area contributed by atoms with Gasteiger partial charge in [0.05, 0.1) is 0 Å². The molecular weight excluding hydrogens is 214 g/mol. The molecule has 1 fully saturated rings. The summed E-state index contributed by atoms with van der Waals surface area (Å²) in [5, 5.41) is 11.7. The van der Waals surface area contributed by atoms with Crippen LogP contribution >= 0.6 is 0 Å². The molecule has 4 nitrogen and oxygen atoms in total. The lowest BCUT2D eigenvalue weighted by Gasteiger charge is -2.31. The van der Waals surface area contributed by atoms with Crippen molar-refractivity contribution in [2.75, 3.05) is 19.6 Å². The van der Waals surface area contributed by atoms with Gasteiger partial charge in [-0.25, -0.2) is 0 Å². The van der Waals surface area contributed by atoms with Gasteiger partial charge in [0.2, 0.25) is 0 Å². The van der Waals surface area contributed by atoms with E-state index < -0.39 is 0 Å². The van der Waals surface area contributed by atoms with Crippen LogP contribution in [-0.4, -0.2) is 35.6 Å². The monoisotopic (exact) mass is 241 g/mol. The van der Waals surface area contributed by atoms with Crippen LogP contribution in [0.25, 0.3) is 0 Å². The molecule has 0 aromatic heterocycles. The van der Waals surface area contributed by atoms with E-state index in [0.717, 1.165) is 25.9 Å². The molecule has 1 heterocycles. The first-order valence-electron chi connectivity index (χ1n) is 6.97. The van der Waals surface area contributed by atoms with E-state index in [4.69, 9.17) is 10.9 Å². The van der Waals surface area contributed by atoms with Crippen LogP contribution in [0.3, 0.4) is 0 Å². The Bertz CT molecular complexity index is 223. The lowest BCUT2D eigenvalue weighted by molar-refractivity contribution is 0.202. The molecule has 0 spiro atoms. The third-order valence-corrected chi connectivity index (χ3v) is 3.70. The Labute approximate surface area is 105 Å². The summed E-state index contributed by atoms with van der Waals surface area (Å²) in [5.41, 5.74) is 5.63. The Morgan fingerprint density at radius 2 is 1.88 bits per heavy atom. The molecule has 0 atom stereocenters. The van der Waals surface area contributed by atoms with Crippen molar-refractivity contribution < 1.29 is 5.21 Å². The molecule has 100 valence electrons. The van der Waals surface area contributed by atoms with Gasteiger partial charge in [0.15, 0.2) is 0 Å². The lowest BCUT2D eigenvalue weighted by atomic mass is 9.95. The van der Waals surface area contributed by atoms with Gasteiger partial charge in [-0.2, -0.15) is 0 Å². The number of piperidine rings is 1. The number of amidine groups is 1. The number of hydrogen-bond acceptors (Lipinski definition) is 3. The SMILES string of the molecule is CCCCCCCN1CCC(C(N)=NO)CC1. The van der Waals surface area contributed by atoms with Crippen molar-refractivity contribution in [3.8, 4) is 0 Å². The molecule has 0 radical (unpaired) electrons. The summed E-state index contributed by atoms with van der Waals surface area (Å²) in [4.78, 5) is 2.51. The van der Waals surface area contributed by atoms with Crippen molar-refractivity contribution in [2.45, 2.75) is 51.9 Å². The molecule has 1 aliphatic rings. The van der Waals surface area contributed by atoms with Gasteiger partial charge in [-0.15, -0.1) is 0 Å². The number of unbranched alkanes of at least 4 members (excludes halogenated alkanes) is 4. The van der Waals surface area contributed by atoms with Gasteiger partial charge in [0, 0.05) is 5.92 Å². The van der Waals surface area contributed by atoms with Crippen molar-refractivity contribution >= 4 is 5.84 Å². The van der Waals surface area contributed by atoms with Crippen LogP contribution in [0, 0.1) is 5.92 Å². The van der Waals surface area contributed by atoms with E-state index in [-0.39, 0.29) is 5.92 Å². The highest BCUT2D eigenvalue weighted by atomic mass is 16.4. The topological polar surface area (TPSA) is 61.8 Å². The fourth-order valence-corrected chi connectivity index (χ4v) is 2.47. The zero-order valence-corrected chi connectivity index (χ0v) is 11.1. The maximum Gasteiger partial charge on any atom is 0.142 e. The summed E-state index contributed by atoms with van der Waals surface area (Å²) in [6.07, 6.45) is 8.78. The summed E-state index contributed by atoms with van der Waals surface area (Å²) < 4.78 is 0. The van der Waals surface area contributed by atoms with Gasteiger partial charge < -0.3 is 15.8 Å². The summed E-state index contributed by atoms with van der Waals surface area (Å²) in [7, 11) is 0. The molecule has 0 aromatic carbocycles. The average Bonchev–Trinajstić information content (AvgIpc) is 2.38. The molecule has 1 saturated heterocycles. The Morgan fingerprint density at radius 1 is 1.24 bits per heavy atom. The maximum absolute atomic E-state index is 8.63. The quantitative estimate of drug-likeness (QED) is 0.236. The first kappa shape index (κ1) is 14.3. The summed E-state index contributed by atoms with van der Waals surface area (Å²) in [5.74, 6) is 0.698. The van der Waals surface area contributed by atoms with Crippen LogP contribution in [0.15, 0.2) is 5.16 Å². The number of rotatable bonds is 7. The second kappa shape index (κ2) is 8.34. The maximum atomic E-state index is 8.63. The third-order valence-electron chi connectivity index (χ3n) is 3.70. The second-order valence-corrected chi connectivity index (χ2v) is 5.05. The van der Waals surface area contributed by atoms with Crippen molar-refractivity contribution in [3.05, 3.63) is 0 Å². The van der Waals surface area contributed by atoms with E-state index in [2.05, 4.69) is 17.0 Å². The third kappa shape index (κ3) is 5.39. The zero-order valence-electron chi connectivity index (χ0n) is 11.1. The molecule has 1 rings (SSSR count).